The first-order chi connectivity index (χ1) is 13.5. The summed E-state index contributed by atoms with van der Waals surface area (Å²) in [4.78, 5) is 30.5. The van der Waals surface area contributed by atoms with Crippen molar-refractivity contribution in [2.45, 2.75) is 32.8 Å². The van der Waals surface area contributed by atoms with Gasteiger partial charge in [-0.25, -0.2) is 0 Å². The minimum atomic E-state index is -0.460. The number of nitrogens with one attached hydrogen (secondary N) is 1. The Morgan fingerprint density at radius 3 is 2.54 bits per heavy atom. The number of ether oxygens (including phenoxy) is 1. The molecule has 1 amide bonds. The van der Waals surface area contributed by atoms with Gasteiger partial charge in [0.25, 0.3) is 11.7 Å². The molecular formula is C21H22N4O3. The largest absolute Gasteiger partial charge is 0.473 e. The minimum absolute atomic E-state index is 0.0361. The lowest BCUT2D eigenvalue weighted by Gasteiger charge is -2.31. The van der Waals surface area contributed by atoms with Crippen LogP contribution in [0.1, 0.15) is 34.6 Å². The Hall–Kier alpha value is -3.22. The van der Waals surface area contributed by atoms with Gasteiger partial charge >= 0.3 is 0 Å². The molecule has 7 nitrogen and oxygen atoms in total. The number of Topliss-reactive ketones (excluding diaryl/α,β-unsaturated/α-hetero) is 1. The van der Waals surface area contributed by atoms with Crippen molar-refractivity contribution >= 4 is 22.6 Å². The lowest BCUT2D eigenvalue weighted by atomic mass is 10.0. The van der Waals surface area contributed by atoms with Crippen molar-refractivity contribution in [3.8, 4) is 5.88 Å². The van der Waals surface area contributed by atoms with E-state index in [1.165, 1.54) is 0 Å². The number of benzene rings is 1. The number of aromatic nitrogens is 3. The van der Waals surface area contributed by atoms with Gasteiger partial charge in [0.05, 0.1) is 11.3 Å². The van der Waals surface area contributed by atoms with Gasteiger partial charge in [-0.2, -0.15) is 5.10 Å². The Morgan fingerprint density at radius 2 is 1.82 bits per heavy atom. The van der Waals surface area contributed by atoms with Crippen molar-refractivity contribution in [2.24, 2.45) is 0 Å². The first-order valence-electron chi connectivity index (χ1n) is 9.41. The summed E-state index contributed by atoms with van der Waals surface area (Å²) in [5.41, 5.74) is 2.88. The van der Waals surface area contributed by atoms with Crippen LogP contribution in [-0.2, 0) is 4.79 Å². The Morgan fingerprint density at radius 1 is 1.07 bits per heavy atom. The molecule has 3 aromatic rings. The summed E-state index contributed by atoms with van der Waals surface area (Å²) in [6.07, 6.45) is 1.27. The molecule has 3 heterocycles. The second-order valence-corrected chi connectivity index (χ2v) is 7.12. The summed E-state index contributed by atoms with van der Waals surface area (Å²) in [6.45, 7) is 4.66. The standard InChI is InChI=1S/C21H22N4O3/c1-13-7-8-18(24-23-13)28-15-9-11-25(12-10-15)21(27)20(26)19-14(2)22-17-6-4-3-5-16(17)19/h3-8,15,22H,9-12H2,1-2H3. The number of hydrogen-bond donors (Lipinski definition) is 1. The lowest BCUT2D eigenvalue weighted by molar-refractivity contribution is -0.128. The maximum absolute atomic E-state index is 12.9. The van der Waals surface area contributed by atoms with Crippen LogP contribution < -0.4 is 4.74 Å². The molecule has 7 heteroatoms. The number of amides is 1. The molecule has 1 fully saturated rings. The molecule has 1 aromatic carbocycles. The fourth-order valence-electron chi connectivity index (χ4n) is 3.62. The number of carbonyl (C=O) groups is 2. The fourth-order valence-corrected chi connectivity index (χ4v) is 3.62. The normalized spacial score (nSPS) is 15.0. The van der Waals surface area contributed by atoms with Gasteiger partial charge in [-0.3, -0.25) is 9.59 Å². The highest BCUT2D eigenvalue weighted by Gasteiger charge is 2.30. The number of piperidine rings is 1. The van der Waals surface area contributed by atoms with Gasteiger partial charge in [0.2, 0.25) is 5.88 Å². The number of aryl methyl sites for hydroxylation is 2. The summed E-state index contributed by atoms with van der Waals surface area (Å²) in [5.74, 6) is -0.430. The van der Waals surface area contributed by atoms with Gasteiger partial charge < -0.3 is 14.6 Å². The Balaban J connectivity index is 1.41. The number of para-hydroxylation sites is 1. The summed E-state index contributed by atoms with van der Waals surface area (Å²) >= 11 is 0. The number of carbonyl (C=O) groups excluding carboxylic acids is 2. The number of rotatable bonds is 4. The van der Waals surface area contributed by atoms with E-state index in [2.05, 4.69) is 15.2 Å². The third kappa shape index (κ3) is 3.47. The Bertz CT molecular complexity index is 1020. The number of H-pyrrole nitrogens is 1. The maximum Gasteiger partial charge on any atom is 0.295 e. The lowest BCUT2D eigenvalue weighted by Crippen LogP contribution is -2.44. The molecule has 1 aliphatic rings. The molecule has 1 aliphatic heterocycles. The molecule has 0 aliphatic carbocycles. The van der Waals surface area contributed by atoms with E-state index in [9.17, 15) is 9.59 Å². The minimum Gasteiger partial charge on any atom is -0.473 e. The smallest absolute Gasteiger partial charge is 0.295 e. The molecule has 1 N–H and O–H groups in total. The van der Waals surface area contributed by atoms with Gasteiger partial charge in [0.1, 0.15) is 6.10 Å². The molecule has 0 unspecified atom stereocenters. The SMILES string of the molecule is Cc1ccc(OC2CCN(C(=O)C(=O)c3c(C)[nH]c4ccccc34)CC2)nn1. The summed E-state index contributed by atoms with van der Waals surface area (Å²) in [7, 11) is 0. The van der Waals surface area contributed by atoms with Crippen molar-refractivity contribution in [2.75, 3.05) is 13.1 Å². The van der Waals surface area contributed by atoms with Crippen LogP contribution in [0.25, 0.3) is 10.9 Å². The zero-order valence-corrected chi connectivity index (χ0v) is 15.9. The number of hydrogen-bond acceptors (Lipinski definition) is 5. The Kier molecular flexibility index (Phi) is 4.81. The Labute approximate surface area is 162 Å². The van der Waals surface area contributed by atoms with Crippen molar-refractivity contribution < 1.29 is 14.3 Å². The average molecular weight is 378 g/mol. The van der Waals surface area contributed by atoms with E-state index >= 15 is 0 Å². The van der Waals surface area contributed by atoms with Gasteiger partial charge in [0, 0.05) is 48.6 Å². The zero-order chi connectivity index (χ0) is 19.7. The van der Waals surface area contributed by atoms with Gasteiger partial charge in [-0.1, -0.05) is 18.2 Å². The van der Waals surface area contributed by atoms with Crippen LogP contribution in [0, 0.1) is 13.8 Å². The van der Waals surface area contributed by atoms with Crippen LogP contribution in [0.2, 0.25) is 0 Å². The molecule has 2 aromatic heterocycles. The summed E-state index contributed by atoms with van der Waals surface area (Å²) in [6, 6.07) is 11.2. The van der Waals surface area contributed by atoms with E-state index in [0.717, 1.165) is 22.3 Å². The second kappa shape index (κ2) is 7.42. The third-order valence-electron chi connectivity index (χ3n) is 5.10. The van der Waals surface area contributed by atoms with Crippen molar-refractivity contribution in [3.05, 3.63) is 53.3 Å². The highest BCUT2D eigenvalue weighted by atomic mass is 16.5. The molecule has 0 bridgehead atoms. The third-order valence-corrected chi connectivity index (χ3v) is 5.10. The number of nitrogens with zero attached hydrogens (tertiary/aromatic N) is 3. The predicted octanol–water partition coefficient (Wildman–Crippen LogP) is 2.83. The van der Waals surface area contributed by atoms with E-state index in [0.29, 0.717) is 37.4 Å². The highest BCUT2D eigenvalue weighted by molar-refractivity contribution is 6.45. The average Bonchev–Trinajstić information content (AvgIpc) is 3.05. The van der Waals surface area contributed by atoms with Gasteiger partial charge in [-0.15, -0.1) is 5.10 Å². The maximum atomic E-state index is 12.9. The van der Waals surface area contributed by atoms with E-state index in [4.69, 9.17) is 4.74 Å². The topological polar surface area (TPSA) is 88.2 Å². The van der Waals surface area contributed by atoms with E-state index in [1.54, 1.807) is 11.0 Å². The predicted molar refractivity (Wildman–Crippen MR) is 104 cm³/mol. The number of fused-ring (bicyclic) bond motifs is 1. The molecule has 28 heavy (non-hydrogen) atoms. The molecule has 0 atom stereocenters. The van der Waals surface area contributed by atoms with Crippen LogP contribution in [0.3, 0.4) is 0 Å². The van der Waals surface area contributed by atoms with Crippen molar-refractivity contribution in [1.82, 2.24) is 20.1 Å². The monoisotopic (exact) mass is 378 g/mol. The van der Waals surface area contributed by atoms with Crippen molar-refractivity contribution in [3.63, 3.8) is 0 Å². The summed E-state index contributed by atoms with van der Waals surface area (Å²) < 4.78 is 5.85. The summed E-state index contributed by atoms with van der Waals surface area (Å²) in [5, 5.41) is 8.79. The molecule has 1 saturated heterocycles. The zero-order valence-electron chi connectivity index (χ0n) is 15.9. The van der Waals surface area contributed by atoms with Crippen LogP contribution >= 0.6 is 0 Å². The van der Waals surface area contributed by atoms with Crippen molar-refractivity contribution in [1.29, 1.82) is 0 Å². The fraction of sp³-hybridized carbons (Fsp3) is 0.333. The van der Waals surface area contributed by atoms with Gasteiger partial charge in [0.15, 0.2) is 0 Å². The first-order valence-corrected chi connectivity index (χ1v) is 9.41. The molecule has 144 valence electrons. The molecule has 0 spiro atoms. The molecule has 0 saturated carbocycles. The number of aromatic amines is 1. The number of likely N-dealkylation sites (tertiary alicyclic amines) is 1. The van der Waals surface area contributed by atoms with Gasteiger partial charge in [-0.05, 0) is 26.0 Å². The van der Waals surface area contributed by atoms with E-state index in [1.807, 2.05) is 44.2 Å². The highest BCUT2D eigenvalue weighted by Crippen LogP contribution is 2.24. The number of ketones is 1. The molecular weight excluding hydrogens is 356 g/mol. The van der Waals surface area contributed by atoms with E-state index in [-0.39, 0.29) is 6.10 Å². The van der Waals surface area contributed by atoms with Crippen LogP contribution in [0.4, 0.5) is 0 Å². The van der Waals surface area contributed by atoms with Crippen LogP contribution in [-0.4, -0.2) is 51.0 Å². The van der Waals surface area contributed by atoms with Crippen LogP contribution in [0.5, 0.6) is 5.88 Å². The second-order valence-electron chi connectivity index (χ2n) is 7.12. The molecule has 4 rings (SSSR count). The first kappa shape index (κ1) is 18.2. The quantitative estimate of drug-likeness (QED) is 0.557. The van der Waals surface area contributed by atoms with Crippen LogP contribution in [0.15, 0.2) is 36.4 Å². The van der Waals surface area contributed by atoms with E-state index < -0.39 is 11.7 Å². The molecule has 0 radical (unpaired) electrons.